The second-order valence-electron chi connectivity index (χ2n) is 8.36. The van der Waals surface area contributed by atoms with E-state index in [4.69, 9.17) is 5.26 Å². The molecule has 24 heavy (non-hydrogen) atoms. The molecular weight excluding hydrogens is 302 g/mol. The average molecular weight is 327 g/mol. The van der Waals surface area contributed by atoms with E-state index in [1.54, 1.807) is 6.08 Å². The average Bonchev–Trinajstić information content (AvgIpc) is 2.78. The Morgan fingerprint density at radius 3 is 2.88 bits per heavy atom. The van der Waals surface area contributed by atoms with E-state index in [0.29, 0.717) is 25.2 Å². The van der Waals surface area contributed by atoms with Gasteiger partial charge in [-0.1, -0.05) is 6.92 Å². The number of ketones is 1. The fourth-order valence-corrected chi connectivity index (χ4v) is 6.13. The topological polar surface area (TPSA) is 81.3 Å². The van der Waals surface area contributed by atoms with Crippen LogP contribution in [0.5, 0.6) is 0 Å². The molecule has 0 heterocycles. The summed E-state index contributed by atoms with van der Waals surface area (Å²) in [5.41, 5.74) is 2.11. The Morgan fingerprint density at radius 1 is 1.33 bits per heavy atom. The largest absolute Gasteiger partial charge is 0.389 e. The van der Waals surface area contributed by atoms with Gasteiger partial charge >= 0.3 is 0 Å². The van der Waals surface area contributed by atoms with Crippen molar-refractivity contribution in [3.63, 3.8) is 0 Å². The van der Waals surface area contributed by atoms with Crippen LogP contribution in [0.15, 0.2) is 22.8 Å². The highest BCUT2D eigenvalue weighted by Gasteiger charge is 2.62. The molecule has 0 amide bonds. The number of hydrogen-bond donors (Lipinski definition) is 2. The number of carbonyl (C=O) groups is 1. The summed E-state index contributed by atoms with van der Waals surface area (Å²) in [6, 6.07) is 2.16. The molecule has 0 bridgehead atoms. The number of allylic oxidation sites excluding steroid dienone is 3. The zero-order chi connectivity index (χ0) is 17.1. The monoisotopic (exact) mass is 327 g/mol. The van der Waals surface area contributed by atoms with Crippen LogP contribution in [-0.2, 0) is 4.79 Å². The van der Waals surface area contributed by atoms with Gasteiger partial charge in [-0.2, -0.15) is 5.26 Å². The lowest BCUT2D eigenvalue weighted by Crippen LogP contribution is -2.53. The maximum Gasteiger partial charge on any atom is 0.156 e. The number of nitriles is 1. The zero-order valence-corrected chi connectivity index (χ0v) is 14.2. The summed E-state index contributed by atoms with van der Waals surface area (Å²) < 4.78 is 0. The third kappa shape index (κ3) is 2.01. The Kier molecular flexibility index (Phi) is 3.53. The molecule has 2 saturated carbocycles. The van der Waals surface area contributed by atoms with Gasteiger partial charge in [0.25, 0.3) is 0 Å². The molecule has 5 unspecified atom stereocenters. The summed E-state index contributed by atoms with van der Waals surface area (Å²) in [6.07, 6.45) is 6.58. The van der Waals surface area contributed by atoms with Gasteiger partial charge in [0.05, 0.1) is 24.2 Å². The van der Waals surface area contributed by atoms with Gasteiger partial charge in [0.2, 0.25) is 0 Å². The van der Waals surface area contributed by atoms with Crippen molar-refractivity contribution in [1.29, 1.82) is 5.26 Å². The zero-order valence-electron chi connectivity index (χ0n) is 14.2. The normalized spacial score (nSPS) is 44.3. The molecule has 0 aromatic rings. The Labute approximate surface area is 142 Å². The lowest BCUT2D eigenvalue weighted by atomic mass is 9.54. The maximum absolute atomic E-state index is 11.7. The molecule has 0 aromatic heterocycles. The van der Waals surface area contributed by atoms with E-state index < -0.39 is 17.1 Å². The highest BCUT2D eigenvalue weighted by Crippen LogP contribution is 2.64. The minimum Gasteiger partial charge on any atom is -0.389 e. The van der Waals surface area contributed by atoms with Crippen molar-refractivity contribution in [1.82, 2.24) is 0 Å². The molecule has 2 fully saturated rings. The molecule has 0 aromatic carbocycles. The second-order valence-corrected chi connectivity index (χ2v) is 8.36. The van der Waals surface area contributed by atoms with E-state index in [0.717, 1.165) is 36.8 Å². The van der Waals surface area contributed by atoms with Crippen LogP contribution in [0, 0.1) is 28.6 Å². The summed E-state index contributed by atoms with van der Waals surface area (Å²) in [5.74, 6) is 0.806. The van der Waals surface area contributed by atoms with Crippen LogP contribution in [0.2, 0.25) is 0 Å². The molecule has 0 aliphatic heterocycles. The van der Waals surface area contributed by atoms with Crippen molar-refractivity contribution in [2.45, 2.75) is 70.0 Å². The van der Waals surface area contributed by atoms with E-state index in [1.165, 1.54) is 5.57 Å². The van der Waals surface area contributed by atoms with Gasteiger partial charge in [-0.3, -0.25) is 4.79 Å². The summed E-state index contributed by atoms with van der Waals surface area (Å²) in [4.78, 5) is 11.7. The molecule has 4 aliphatic carbocycles. The Morgan fingerprint density at radius 2 is 2.12 bits per heavy atom. The minimum atomic E-state index is -0.984. The molecule has 4 aliphatic rings. The number of carbonyl (C=O) groups excluding carboxylic acids is 1. The fourth-order valence-electron chi connectivity index (χ4n) is 6.13. The maximum atomic E-state index is 11.7. The van der Waals surface area contributed by atoms with Crippen molar-refractivity contribution in [2.24, 2.45) is 17.3 Å². The fraction of sp³-hybridized carbons (Fsp3) is 0.700. The molecule has 0 saturated heterocycles. The van der Waals surface area contributed by atoms with Crippen LogP contribution >= 0.6 is 0 Å². The number of hydrogen-bond acceptors (Lipinski definition) is 4. The summed E-state index contributed by atoms with van der Waals surface area (Å²) in [7, 11) is 0. The highest BCUT2D eigenvalue weighted by molar-refractivity contribution is 5.93. The smallest absolute Gasteiger partial charge is 0.156 e. The predicted molar refractivity (Wildman–Crippen MR) is 88.7 cm³/mol. The van der Waals surface area contributed by atoms with Gasteiger partial charge in [-0.05, 0) is 73.2 Å². The SMILES string of the molecule is CC12CC(O)C3=C4CCC(=O)C=C4CCC3C1CCC2(O)CC#N. The summed E-state index contributed by atoms with van der Waals surface area (Å²) in [5, 5.41) is 31.2. The van der Waals surface area contributed by atoms with Crippen LogP contribution in [0.4, 0.5) is 0 Å². The van der Waals surface area contributed by atoms with Gasteiger partial charge in [-0.15, -0.1) is 0 Å². The van der Waals surface area contributed by atoms with E-state index in [1.807, 2.05) is 0 Å². The number of rotatable bonds is 1. The van der Waals surface area contributed by atoms with Crippen LogP contribution < -0.4 is 0 Å². The number of fused-ring (bicyclic) bond motifs is 4. The van der Waals surface area contributed by atoms with Gasteiger partial charge in [0.1, 0.15) is 0 Å². The first-order valence-corrected chi connectivity index (χ1v) is 9.14. The molecule has 4 heteroatoms. The van der Waals surface area contributed by atoms with Crippen molar-refractivity contribution >= 4 is 5.78 Å². The minimum absolute atomic E-state index is 0.144. The lowest BCUT2D eigenvalue weighted by Gasteiger charge is -2.53. The molecule has 128 valence electrons. The van der Waals surface area contributed by atoms with Crippen LogP contribution in [-0.4, -0.2) is 27.7 Å². The van der Waals surface area contributed by atoms with Gasteiger partial charge in [0, 0.05) is 11.8 Å². The number of aliphatic hydroxyl groups is 2. The lowest BCUT2D eigenvalue weighted by molar-refractivity contribution is -0.115. The summed E-state index contributed by atoms with van der Waals surface area (Å²) in [6.45, 7) is 2.07. The van der Waals surface area contributed by atoms with Crippen LogP contribution in [0.3, 0.4) is 0 Å². The van der Waals surface area contributed by atoms with E-state index in [-0.39, 0.29) is 18.1 Å². The third-order valence-corrected chi connectivity index (χ3v) is 7.40. The third-order valence-electron chi connectivity index (χ3n) is 7.40. The Hall–Kier alpha value is -1.44. The molecule has 4 rings (SSSR count). The van der Waals surface area contributed by atoms with Gasteiger partial charge in [0.15, 0.2) is 5.78 Å². The Balaban J connectivity index is 1.77. The molecule has 0 spiro atoms. The van der Waals surface area contributed by atoms with Crippen LogP contribution in [0.25, 0.3) is 0 Å². The van der Waals surface area contributed by atoms with E-state index >= 15 is 0 Å². The van der Waals surface area contributed by atoms with Gasteiger partial charge in [-0.25, -0.2) is 0 Å². The molecule has 5 atom stereocenters. The van der Waals surface area contributed by atoms with Crippen molar-refractivity contribution < 1.29 is 15.0 Å². The second kappa shape index (κ2) is 5.28. The first kappa shape index (κ1) is 16.1. The molecular formula is C20H25NO3. The van der Waals surface area contributed by atoms with Gasteiger partial charge < -0.3 is 10.2 Å². The predicted octanol–water partition coefficient (Wildman–Crippen LogP) is 2.81. The highest BCUT2D eigenvalue weighted by atomic mass is 16.3. The number of aliphatic hydroxyl groups excluding tert-OH is 1. The quantitative estimate of drug-likeness (QED) is 0.776. The molecule has 0 radical (unpaired) electrons. The van der Waals surface area contributed by atoms with Crippen molar-refractivity contribution in [3.05, 3.63) is 22.8 Å². The van der Waals surface area contributed by atoms with Crippen LogP contribution in [0.1, 0.15) is 58.3 Å². The first-order valence-electron chi connectivity index (χ1n) is 9.14. The number of nitrogens with zero attached hydrogens (tertiary/aromatic N) is 1. The van der Waals surface area contributed by atoms with Crippen molar-refractivity contribution in [3.8, 4) is 6.07 Å². The first-order chi connectivity index (χ1) is 11.4. The van der Waals surface area contributed by atoms with E-state index in [2.05, 4.69) is 13.0 Å². The summed E-state index contributed by atoms with van der Waals surface area (Å²) >= 11 is 0. The standard InChI is InChI=1S/C20H25NO3/c1-19-11-17(23)18-14-5-3-13(22)10-12(14)2-4-15(18)16(19)6-7-20(19,24)8-9-21/h10,15-17,23-24H,2-8,11H2,1H3. The van der Waals surface area contributed by atoms with Crippen molar-refractivity contribution in [2.75, 3.05) is 0 Å². The van der Waals surface area contributed by atoms with E-state index in [9.17, 15) is 15.0 Å². The molecule has 2 N–H and O–H groups in total. The molecule has 4 nitrogen and oxygen atoms in total. The Bertz CT molecular complexity index is 700.